The molecule has 0 atom stereocenters. The van der Waals surface area contributed by atoms with Crippen LogP contribution in [0, 0.1) is 0 Å². The highest BCUT2D eigenvalue weighted by Crippen LogP contribution is 2.31. The maximum atomic E-state index is 12.7. The van der Waals surface area contributed by atoms with Crippen molar-refractivity contribution in [3.63, 3.8) is 0 Å². The molecule has 0 N–H and O–H groups in total. The molecule has 30 heavy (non-hydrogen) atoms. The van der Waals surface area contributed by atoms with Crippen LogP contribution in [-0.4, -0.2) is 13.4 Å². The normalized spacial score (nSPS) is 12.2. The van der Waals surface area contributed by atoms with Gasteiger partial charge in [0.05, 0.1) is 5.69 Å². The molecule has 0 saturated heterocycles. The van der Waals surface area contributed by atoms with Gasteiger partial charge in [-0.2, -0.15) is 8.42 Å². The molecule has 2 aromatic carbocycles. The van der Waals surface area contributed by atoms with E-state index in [2.05, 4.69) is 25.8 Å². The zero-order chi connectivity index (χ0) is 21.5. The van der Waals surface area contributed by atoms with E-state index in [1.165, 1.54) is 30.3 Å². The minimum Gasteiger partial charge on any atom is -0.423 e. The predicted octanol–water partition coefficient (Wildman–Crippen LogP) is 4.98. The summed E-state index contributed by atoms with van der Waals surface area (Å²) in [6, 6.07) is 13.7. The van der Waals surface area contributed by atoms with Crippen molar-refractivity contribution >= 4 is 32.4 Å². The second-order valence-corrected chi connectivity index (χ2v) is 10.2. The molecule has 6 nitrogen and oxygen atoms in total. The number of aromatic nitrogens is 1. The van der Waals surface area contributed by atoms with Gasteiger partial charge in [-0.3, -0.25) is 0 Å². The first kappa shape index (κ1) is 20.3. The average Bonchev–Trinajstić information content (AvgIpc) is 3.18. The smallest absolute Gasteiger partial charge is 0.339 e. The van der Waals surface area contributed by atoms with Gasteiger partial charge in [-0.15, -0.1) is 11.3 Å². The van der Waals surface area contributed by atoms with Crippen molar-refractivity contribution in [3.05, 3.63) is 76.1 Å². The van der Waals surface area contributed by atoms with Crippen LogP contribution in [0.15, 0.2) is 74.1 Å². The molecule has 0 fully saturated rings. The molecule has 0 aliphatic carbocycles. The molecule has 2 aromatic heterocycles. The molecule has 4 rings (SSSR count). The summed E-state index contributed by atoms with van der Waals surface area (Å²) in [5.41, 5.74) is 1.68. The highest BCUT2D eigenvalue weighted by atomic mass is 32.2. The Bertz CT molecular complexity index is 1380. The van der Waals surface area contributed by atoms with Gasteiger partial charge in [0.1, 0.15) is 21.2 Å². The first-order valence-electron chi connectivity index (χ1n) is 9.17. The summed E-state index contributed by atoms with van der Waals surface area (Å²) in [4.78, 5) is 15.9. The molecule has 0 radical (unpaired) electrons. The Balaban J connectivity index is 1.57. The van der Waals surface area contributed by atoms with E-state index in [1.807, 2.05) is 5.38 Å². The van der Waals surface area contributed by atoms with Gasteiger partial charge in [-0.25, -0.2) is 9.78 Å². The lowest BCUT2D eigenvalue weighted by Gasteiger charge is -2.14. The van der Waals surface area contributed by atoms with E-state index in [4.69, 9.17) is 8.60 Å². The van der Waals surface area contributed by atoms with Gasteiger partial charge in [0.25, 0.3) is 0 Å². The standard InChI is InChI=1S/C22H19NO5S2/c1-22(2,3)19-13-29-21(23-19)14-4-7-16(8-5-14)28-30(25,26)17-9-10-18-15(12-17)6-11-20(24)27-18/h4-13H,1-3H3. The van der Waals surface area contributed by atoms with Gasteiger partial charge in [0.15, 0.2) is 0 Å². The van der Waals surface area contributed by atoms with E-state index in [1.54, 1.807) is 35.6 Å². The maximum Gasteiger partial charge on any atom is 0.339 e. The molecular weight excluding hydrogens is 422 g/mol. The predicted molar refractivity (Wildman–Crippen MR) is 117 cm³/mol. The average molecular weight is 442 g/mol. The Morgan fingerprint density at radius 2 is 1.73 bits per heavy atom. The fourth-order valence-electron chi connectivity index (χ4n) is 2.78. The molecule has 0 spiro atoms. The lowest BCUT2D eigenvalue weighted by molar-refractivity contribution is 0.486. The van der Waals surface area contributed by atoms with E-state index in [9.17, 15) is 13.2 Å². The van der Waals surface area contributed by atoms with Crippen LogP contribution in [0.3, 0.4) is 0 Å². The van der Waals surface area contributed by atoms with Crippen molar-refractivity contribution in [2.45, 2.75) is 31.1 Å². The summed E-state index contributed by atoms with van der Waals surface area (Å²) < 4.78 is 35.6. The monoisotopic (exact) mass is 441 g/mol. The van der Waals surface area contributed by atoms with Gasteiger partial charge in [0, 0.05) is 27.8 Å². The fourth-order valence-corrected chi connectivity index (χ4v) is 4.80. The first-order valence-corrected chi connectivity index (χ1v) is 11.5. The SMILES string of the molecule is CC(C)(C)c1csc(-c2ccc(OS(=O)(=O)c3ccc4oc(=O)ccc4c3)cc2)n1. The van der Waals surface area contributed by atoms with E-state index in [0.29, 0.717) is 11.0 Å². The Kier molecular flexibility index (Phi) is 4.99. The highest BCUT2D eigenvalue weighted by Gasteiger charge is 2.19. The topological polar surface area (TPSA) is 86.5 Å². The van der Waals surface area contributed by atoms with E-state index >= 15 is 0 Å². The van der Waals surface area contributed by atoms with Crippen molar-refractivity contribution in [1.29, 1.82) is 0 Å². The molecule has 0 saturated carbocycles. The van der Waals surface area contributed by atoms with Crippen LogP contribution in [0.25, 0.3) is 21.5 Å². The zero-order valence-corrected chi connectivity index (χ0v) is 18.2. The molecule has 0 unspecified atom stereocenters. The molecule has 2 heterocycles. The number of nitrogens with zero attached hydrogens (tertiary/aromatic N) is 1. The maximum absolute atomic E-state index is 12.7. The molecule has 4 aromatic rings. The highest BCUT2D eigenvalue weighted by molar-refractivity contribution is 7.87. The third-order valence-electron chi connectivity index (χ3n) is 4.46. The Morgan fingerprint density at radius 3 is 2.40 bits per heavy atom. The summed E-state index contributed by atoms with van der Waals surface area (Å²) in [5, 5.41) is 3.39. The van der Waals surface area contributed by atoms with Gasteiger partial charge in [-0.05, 0) is 48.5 Å². The fraction of sp³-hybridized carbons (Fsp3) is 0.182. The van der Waals surface area contributed by atoms with E-state index < -0.39 is 15.7 Å². The lowest BCUT2D eigenvalue weighted by atomic mass is 9.93. The van der Waals surface area contributed by atoms with Crippen molar-refractivity contribution in [2.24, 2.45) is 0 Å². The lowest BCUT2D eigenvalue weighted by Crippen LogP contribution is -2.11. The number of thiazole rings is 1. The number of benzene rings is 2. The van der Waals surface area contributed by atoms with Crippen LogP contribution in [0.4, 0.5) is 0 Å². The van der Waals surface area contributed by atoms with Crippen LogP contribution in [0.1, 0.15) is 26.5 Å². The van der Waals surface area contributed by atoms with E-state index in [0.717, 1.165) is 16.3 Å². The minimum absolute atomic E-state index is 0.0253. The second kappa shape index (κ2) is 7.37. The van der Waals surface area contributed by atoms with Crippen LogP contribution in [0.2, 0.25) is 0 Å². The number of hydrogen-bond donors (Lipinski definition) is 0. The van der Waals surface area contributed by atoms with Crippen LogP contribution in [-0.2, 0) is 15.5 Å². The Labute approximate surface area is 177 Å². The third-order valence-corrected chi connectivity index (χ3v) is 6.59. The van der Waals surface area contributed by atoms with Crippen molar-refractivity contribution in [3.8, 4) is 16.3 Å². The Hall–Kier alpha value is -2.97. The number of fused-ring (bicyclic) bond motifs is 1. The quantitative estimate of drug-likeness (QED) is 0.328. The Morgan fingerprint density at radius 1 is 1.00 bits per heavy atom. The summed E-state index contributed by atoms with van der Waals surface area (Å²) in [5.74, 6) is 0.200. The van der Waals surface area contributed by atoms with Gasteiger partial charge in [-0.1, -0.05) is 20.8 Å². The minimum atomic E-state index is -4.04. The zero-order valence-electron chi connectivity index (χ0n) is 16.6. The first-order chi connectivity index (χ1) is 14.1. The molecular formula is C22H19NO5S2. The largest absolute Gasteiger partial charge is 0.423 e. The van der Waals surface area contributed by atoms with Crippen LogP contribution in [0.5, 0.6) is 5.75 Å². The molecule has 0 bridgehead atoms. The molecule has 0 aliphatic rings. The molecule has 0 amide bonds. The van der Waals surface area contributed by atoms with Gasteiger partial charge >= 0.3 is 15.7 Å². The summed E-state index contributed by atoms with van der Waals surface area (Å²) in [6.45, 7) is 6.32. The van der Waals surface area contributed by atoms with Crippen molar-refractivity contribution < 1.29 is 17.0 Å². The summed E-state index contributed by atoms with van der Waals surface area (Å²) in [7, 11) is -4.04. The molecule has 0 aliphatic heterocycles. The molecule has 154 valence electrons. The van der Waals surface area contributed by atoms with Gasteiger partial charge in [0.2, 0.25) is 0 Å². The second-order valence-electron chi connectivity index (χ2n) is 7.80. The van der Waals surface area contributed by atoms with E-state index in [-0.39, 0.29) is 16.1 Å². The van der Waals surface area contributed by atoms with Crippen LogP contribution < -0.4 is 9.81 Å². The summed E-state index contributed by atoms with van der Waals surface area (Å²) in [6.07, 6.45) is 0. The molecule has 8 heteroatoms. The van der Waals surface area contributed by atoms with Crippen LogP contribution >= 0.6 is 11.3 Å². The summed E-state index contributed by atoms with van der Waals surface area (Å²) >= 11 is 1.55. The van der Waals surface area contributed by atoms with Crippen molar-refractivity contribution in [1.82, 2.24) is 4.98 Å². The third kappa shape index (κ3) is 4.15. The van der Waals surface area contributed by atoms with Gasteiger partial charge < -0.3 is 8.60 Å². The number of rotatable bonds is 4. The number of hydrogen-bond acceptors (Lipinski definition) is 7. The van der Waals surface area contributed by atoms with Crippen molar-refractivity contribution in [2.75, 3.05) is 0 Å².